The highest BCUT2D eigenvalue weighted by Crippen LogP contribution is 2.49. The van der Waals surface area contributed by atoms with Gasteiger partial charge in [-0.2, -0.15) is 0 Å². The zero-order chi connectivity index (χ0) is 15.4. The molecule has 4 heteroatoms. The maximum Gasteiger partial charge on any atom is 0.335 e. The number of benzene rings is 2. The summed E-state index contributed by atoms with van der Waals surface area (Å²) < 4.78 is 0. The first kappa shape index (κ1) is 13.4. The van der Waals surface area contributed by atoms with E-state index in [0.717, 1.165) is 22.3 Å². The molecule has 3 rings (SSSR count). The van der Waals surface area contributed by atoms with Crippen LogP contribution in [0.15, 0.2) is 36.4 Å². The molecular weight excluding hydrogens is 268 g/mol. The van der Waals surface area contributed by atoms with Gasteiger partial charge >= 0.3 is 11.9 Å². The number of carboxylic acids is 2. The highest BCUT2D eigenvalue weighted by atomic mass is 16.4. The first-order valence-electron chi connectivity index (χ1n) is 6.58. The normalized spacial score (nSPS) is 14.4. The molecule has 0 fully saturated rings. The van der Waals surface area contributed by atoms with Crippen molar-refractivity contribution in [2.24, 2.45) is 0 Å². The molecule has 2 N–H and O–H groups in total. The lowest BCUT2D eigenvalue weighted by atomic mass is 9.81. The van der Waals surface area contributed by atoms with Crippen LogP contribution >= 0.6 is 0 Å². The van der Waals surface area contributed by atoms with Gasteiger partial charge in [0.05, 0.1) is 11.1 Å². The molecule has 0 bridgehead atoms. The molecule has 0 saturated carbocycles. The molecular formula is C17H14O4. The van der Waals surface area contributed by atoms with Gasteiger partial charge in [0.25, 0.3) is 0 Å². The molecule has 0 spiro atoms. The Morgan fingerprint density at radius 1 is 0.810 bits per heavy atom. The third-order valence-corrected chi connectivity index (χ3v) is 4.17. The fraction of sp³-hybridized carbons (Fsp3) is 0.176. The maximum absolute atomic E-state index is 11.2. The summed E-state index contributed by atoms with van der Waals surface area (Å²) in [5.41, 5.74) is 3.84. The van der Waals surface area contributed by atoms with Crippen molar-refractivity contribution in [2.45, 2.75) is 19.3 Å². The first-order chi connectivity index (χ1) is 9.82. The van der Waals surface area contributed by atoms with E-state index in [1.807, 2.05) is 13.8 Å². The van der Waals surface area contributed by atoms with E-state index in [0.29, 0.717) is 0 Å². The molecule has 106 valence electrons. The van der Waals surface area contributed by atoms with Gasteiger partial charge in [0.1, 0.15) is 0 Å². The molecule has 0 saturated heterocycles. The number of hydrogen-bond acceptors (Lipinski definition) is 2. The number of hydrogen-bond donors (Lipinski definition) is 2. The fourth-order valence-corrected chi connectivity index (χ4v) is 3.00. The molecule has 21 heavy (non-hydrogen) atoms. The highest BCUT2D eigenvalue weighted by Gasteiger charge is 2.36. The van der Waals surface area contributed by atoms with Crippen LogP contribution in [0.25, 0.3) is 11.1 Å². The minimum atomic E-state index is -0.962. The van der Waals surface area contributed by atoms with Gasteiger partial charge < -0.3 is 10.2 Å². The first-order valence-corrected chi connectivity index (χ1v) is 6.58. The summed E-state index contributed by atoms with van der Waals surface area (Å²) in [6.45, 7) is 3.96. The Kier molecular flexibility index (Phi) is 2.66. The van der Waals surface area contributed by atoms with Gasteiger partial charge in [0.15, 0.2) is 0 Å². The summed E-state index contributed by atoms with van der Waals surface area (Å²) in [6.07, 6.45) is 0. The standard InChI is InChI=1S/C17H14O4/c1-17(2)13-7-9(15(18)19)3-5-11(13)12-6-4-10(16(20)21)8-14(12)17/h3-8H,1-2H3,(H,18,19)(H,20,21). The van der Waals surface area contributed by atoms with Crippen molar-refractivity contribution in [3.05, 3.63) is 58.7 Å². The molecule has 0 heterocycles. The summed E-state index contributed by atoms with van der Waals surface area (Å²) >= 11 is 0. The Balaban J connectivity index is 2.26. The van der Waals surface area contributed by atoms with Gasteiger partial charge in [-0.3, -0.25) is 0 Å². The van der Waals surface area contributed by atoms with Crippen LogP contribution in [0, 0.1) is 0 Å². The quantitative estimate of drug-likeness (QED) is 0.885. The second-order valence-electron chi connectivity index (χ2n) is 5.76. The fourth-order valence-electron chi connectivity index (χ4n) is 3.00. The van der Waals surface area contributed by atoms with Gasteiger partial charge in [-0.15, -0.1) is 0 Å². The van der Waals surface area contributed by atoms with E-state index >= 15 is 0 Å². The van der Waals surface area contributed by atoms with Crippen LogP contribution in [0.3, 0.4) is 0 Å². The van der Waals surface area contributed by atoms with Gasteiger partial charge in [-0.05, 0) is 46.5 Å². The summed E-state index contributed by atoms with van der Waals surface area (Å²) in [5, 5.41) is 18.3. The van der Waals surface area contributed by atoms with Crippen molar-refractivity contribution in [1.29, 1.82) is 0 Å². The Bertz CT molecular complexity index is 722. The molecule has 0 amide bonds. The zero-order valence-electron chi connectivity index (χ0n) is 11.7. The third-order valence-electron chi connectivity index (χ3n) is 4.17. The Hall–Kier alpha value is -2.62. The van der Waals surface area contributed by atoms with Crippen LogP contribution in [0.5, 0.6) is 0 Å². The summed E-state index contributed by atoms with van der Waals surface area (Å²) in [5.74, 6) is -1.92. The zero-order valence-corrected chi connectivity index (χ0v) is 11.7. The molecule has 4 nitrogen and oxygen atoms in total. The second kappa shape index (κ2) is 4.19. The van der Waals surface area contributed by atoms with Crippen LogP contribution < -0.4 is 0 Å². The minimum absolute atomic E-state index is 0.244. The van der Waals surface area contributed by atoms with Crippen molar-refractivity contribution in [2.75, 3.05) is 0 Å². The summed E-state index contributed by atoms with van der Waals surface area (Å²) in [4.78, 5) is 22.3. The largest absolute Gasteiger partial charge is 0.478 e. The molecule has 1 aliphatic rings. The van der Waals surface area contributed by atoms with Gasteiger partial charge in [0.2, 0.25) is 0 Å². The number of carbonyl (C=O) groups is 2. The van der Waals surface area contributed by atoms with E-state index in [9.17, 15) is 9.59 Å². The van der Waals surface area contributed by atoms with E-state index < -0.39 is 17.4 Å². The van der Waals surface area contributed by atoms with Crippen LogP contribution in [0.4, 0.5) is 0 Å². The number of rotatable bonds is 2. The van der Waals surface area contributed by atoms with E-state index in [2.05, 4.69) is 0 Å². The van der Waals surface area contributed by atoms with Crippen molar-refractivity contribution in [1.82, 2.24) is 0 Å². The average molecular weight is 282 g/mol. The number of fused-ring (bicyclic) bond motifs is 3. The van der Waals surface area contributed by atoms with Crippen molar-refractivity contribution in [3.8, 4) is 11.1 Å². The van der Waals surface area contributed by atoms with Crippen molar-refractivity contribution >= 4 is 11.9 Å². The molecule has 0 atom stereocenters. The molecule has 0 radical (unpaired) electrons. The predicted octanol–water partition coefficient (Wildman–Crippen LogP) is 3.39. The Morgan fingerprint density at radius 2 is 1.19 bits per heavy atom. The van der Waals surface area contributed by atoms with Crippen LogP contribution in [0.1, 0.15) is 45.7 Å². The molecule has 0 unspecified atom stereocenters. The molecule has 2 aromatic rings. The van der Waals surface area contributed by atoms with Crippen molar-refractivity contribution in [3.63, 3.8) is 0 Å². The van der Waals surface area contributed by atoms with E-state index in [4.69, 9.17) is 10.2 Å². The molecule has 1 aliphatic carbocycles. The lowest BCUT2D eigenvalue weighted by Gasteiger charge is -2.21. The highest BCUT2D eigenvalue weighted by molar-refractivity contribution is 5.93. The predicted molar refractivity (Wildman–Crippen MR) is 77.9 cm³/mol. The van der Waals surface area contributed by atoms with Crippen LogP contribution in [-0.2, 0) is 5.41 Å². The smallest absolute Gasteiger partial charge is 0.335 e. The van der Waals surface area contributed by atoms with Crippen LogP contribution in [-0.4, -0.2) is 22.2 Å². The van der Waals surface area contributed by atoms with Gasteiger partial charge in [-0.25, -0.2) is 9.59 Å². The third kappa shape index (κ3) is 1.83. The van der Waals surface area contributed by atoms with E-state index in [1.54, 1.807) is 36.4 Å². The van der Waals surface area contributed by atoms with Crippen molar-refractivity contribution < 1.29 is 19.8 Å². The van der Waals surface area contributed by atoms with Crippen LogP contribution in [0.2, 0.25) is 0 Å². The Labute approximate surface area is 121 Å². The lowest BCUT2D eigenvalue weighted by Crippen LogP contribution is -2.16. The lowest BCUT2D eigenvalue weighted by molar-refractivity contribution is 0.0686. The molecule has 0 aromatic heterocycles. The monoisotopic (exact) mass is 282 g/mol. The topological polar surface area (TPSA) is 74.6 Å². The Morgan fingerprint density at radius 3 is 1.52 bits per heavy atom. The van der Waals surface area contributed by atoms with Gasteiger partial charge in [-0.1, -0.05) is 26.0 Å². The van der Waals surface area contributed by atoms with Gasteiger partial charge in [0, 0.05) is 5.41 Å². The second-order valence-corrected chi connectivity index (χ2v) is 5.76. The average Bonchev–Trinajstić information content (AvgIpc) is 2.67. The SMILES string of the molecule is CC1(C)c2cc(C(=O)O)ccc2-c2ccc(C(=O)O)cc21. The molecule has 2 aromatic carbocycles. The van der Waals surface area contributed by atoms with E-state index in [1.165, 1.54) is 0 Å². The number of aromatic carboxylic acids is 2. The summed E-state index contributed by atoms with van der Waals surface area (Å²) in [7, 11) is 0. The van der Waals surface area contributed by atoms with E-state index in [-0.39, 0.29) is 11.1 Å². The molecule has 0 aliphatic heterocycles. The maximum atomic E-state index is 11.2. The minimum Gasteiger partial charge on any atom is -0.478 e. The number of carboxylic acid groups (broad SMARTS) is 2. The summed E-state index contributed by atoms with van der Waals surface area (Å²) in [6, 6.07) is 10.1.